The summed E-state index contributed by atoms with van der Waals surface area (Å²) in [5, 5.41) is 3.92. The van der Waals surface area contributed by atoms with E-state index >= 15 is 0 Å². The number of rotatable bonds is 3. The highest BCUT2D eigenvalue weighted by molar-refractivity contribution is 9.10. The molecule has 0 atom stereocenters. The molecule has 0 spiro atoms. The number of hydrogen-bond acceptors (Lipinski definition) is 3. The van der Waals surface area contributed by atoms with Crippen LogP contribution in [0, 0.1) is 0 Å². The number of ketones is 1. The fourth-order valence-electron chi connectivity index (χ4n) is 1.30. The molecule has 1 heterocycles. The number of halogens is 2. The van der Waals surface area contributed by atoms with Gasteiger partial charge in [-0.2, -0.15) is 0 Å². The minimum Gasteiger partial charge on any atom is -1.00 e. The van der Waals surface area contributed by atoms with Crippen LogP contribution in [0.15, 0.2) is 41.4 Å². The van der Waals surface area contributed by atoms with Crippen LogP contribution in [0.1, 0.15) is 10.4 Å². The molecule has 17 heavy (non-hydrogen) atoms. The summed E-state index contributed by atoms with van der Waals surface area (Å²) in [6.07, 6.45) is 2.99. The van der Waals surface area contributed by atoms with E-state index in [1.54, 1.807) is 18.5 Å². The first-order valence-corrected chi connectivity index (χ1v) is 5.42. The van der Waals surface area contributed by atoms with Crippen LogP contribution in [-0.4, -0.2) is 15.6 Å². The maximum Gasteiger partial charge on any atom is 0.286 e. The first kappa shape index (κ1) is 13.9. The molecule has 2 N–H and O–H groups in total. The van der Waals surface area contributed by atoms with Crippen molar-refractivity contribution in [1.82, 2.24) is 9.78 Å². The number of carbonyl (C=O) groups excluding carboxylic acids is 1. The van der Waals surface area contributed by atoms with E-state index < -0.39 is 0 Å². The molecular formula is C10H10Br2N4O. The SMILES string of the molecule is N[n+]1cnn(CC(=O)c2ccc(Br)cc2)c1.[Br-]. The predicted molar refractivity (Wildman–Crippen MR) is 61.0 cm³/mol. The molecule has 0 bridgehead atoms. The van der Waals surface area contributed by atoms with Crippen LogP contribution in [0.4, 0.5) is 0 Å². The highest BCUT2D eigenvalue weighted by Gasteiger charge is 2.11. The predicted octanol–water partition coefficient (Wildman–Crippen LogP) is -2.47. The Morgan fingerprint density at radius 2 is 2.06 bits per heavy atom. The summed E-state index contributed by atoms with van der Waals surface area (Å²) in [7, 11) is 0. The average Bonchev–Trinajstić information content (AvgIpc) is 2.65. The first-order chi connectivity index (χ1) is 7.65. The zero-order valence-electron chi connectivity index (χ0n) is 8.75. The van der Waals surface area contributed by atoms with Crippen molar-refractivity contribution in [2.75, 3.05) is 5.84 Å². The van der Waals surface area contributed by atoms with Gasteiger partial charge in [0.15, 0.2) is 12.3 Å². The Kier molecular flexibility index (Phi) is 4.83. The van der Waals surface area contributed by atoms with Crippen molar-refractivity contribution in [3.63, 3.8) is 0 Å². The van der Waals surface area contributed by atoms with Gasteiger partial charge in [0.25, 0.3) is 6.33 Å². The standard InChI is InChI=1S/C10H10BrN4O.BrH/c11-9-3-1-8(2-4-9)10(16)5-15-7-14(12)6-13-15;/h1-4,6-7H,5,12H2;1H/q+1;/p-1. The summed E-state index contributed by atoms with van der Waals surface area (Å²) in [6, 6.07) is 7.21. The molecule has 1 aromatic carbocycles. The molecular weight excluding hydrogens is 352 g/mol. The van der Waals surface area contributed by atoms with E-state index in [9.17, 15) is 4.79 Å². The molecule has 1 aromatic heterocycles. The molecule has 0 unspecified atom stereocenters. The van der Waals surface area contributed by atoms with Gasteiger partial charge in [-0.25, -0.2) is 0 Å². The third kappa shape index (κ3) is 3.64. The maximum atomic E-state index is 11.8. The molecule has 5 nitrogen and oxygen atoms in total. The van der Waals surface area contributed by atoms with E-state index in [1.807, 2.05) is 12.1 Å². The van der Waals surface area contributed by atoms with Crippen molar-refractivity contribution in [3.8, 4) is 0 Å². The van der Waals surface area contributed by atoms with E-state index in [0.29, 0.717) is 5.56 Å². The number of Topliss-reactive ketones (excluding diaryl/α,β-unsaturated/α-hetero) is 1. The Morgan fingerprint density at radius 3 is 2.59 bits per heavy atom. The summed E-state index contributed by atoms with van der Waals surface area (Å²) in [6.45, 7) is 0.186. The minimum absolute atomic E-state index is 0. The van der Waals surface area contributed by atoms with E-state index in [2.05, 4.69) is 21.0 Å². The summed E-state index contributed by atoms with van der Waals surface area (Å²) in [5.41, 5.74) is 0.655. The molecule has 0 saturated carbocycles. The van der Waals surface area contributed by atoms with E-state index in [1.165, 1.54) is 15.7 Å². The quantitative estimate of drug-likeness (QED) is 0.374. The zero-order valence-corrected chi connectivity index (χ0v) is 11.9. The van der Waals surface area contributed by atoms with Crippen LogP contribution in [-0.2, 0) is 6.54 Å². The van der Waals surface area contributed by atoms with Gasteiger partial charge in [0, 0.05) is 15.1 Å². The average molecular weight is 362 g/mol. The number of benzene rings is 1. The summed E-state index contributed by atoms with van der Waals surface area (Å²) >= 11 is 3.32. The second-order valence-corrected chi connectivity index (χ2v) is 4.24. The lowest BCUT2D eigenvalue weighted by molar-refractivity contribution is -0.639. The normalized spacial score (nSPS) is 9.71. The van der Waals surface area contributed by atoms with Crippen molar-refractivity contribution in [2.24, 2.45) is 0 Å². The molecule has 0 aliphatic heterocycles. The smallest absolute Gasteiger partial charge is 0.286 e. The number of hydrogen-bond donors (Lipinski definition) is 1. The third-order valence-electron chi connectivity index (χ3n) is 2.07. The summed E-state index contributed by atoms with van der Waals surface area (Å²) in [5.74, 6) is 5.43. The fourth-order valence-corrected chi connectivity index (χ4v) is 1.56. The van der Waals surface area contributed by atoms with Crippen molar-refractivity contribution in [1.29, 1.82) is 0 Å². The van der Waals surface area contributed by atoms with Crippen molar-refractivity contribution < 1.29 is 26.5 Å². The zero-order chi connectivity index (χ0) is 11.5. The number of nitrogen functional groups attached to an aromatic ring is 1. The van der Waals surface area contributed by atoms with Crippen molar-refractivity contribution in [3.05, 3.63) is 47.0 Å². The fraction of sp³-hybridized carbons (Fsp3) is 0.100. The highest BCUT2D eigenvalue weighted by Crippen LogP contribution is 2.11. The van der Waals surface area contributed by atoms with Gasteiger partial charge in [0.1, 0.15) is 0 Å². The lowest BCUT2D eigenvalue weighted by Crippen LogP contribution is -3.00. The van der Waals surface area contributed by atoms with Crippen LogP contribution in [0.25, 0.3) is 0 Å². The van der Waals surface area contributed by atoms with Crippen LogP contribution in [0.3, 0.4) is 0 Å². The topological polar surface area (TPSA) is 64.8 Å². The number of nitrogens with zero attached hydrogens (tertiary/aromatic N) is 3. The first-order valence-electron chi connectivity index (χ1n) is 4.63. The van der Waals surface area contributed by atoms with Gasteiger partial charge in [-0.3, -0.25) is 10.6 Å². The van der Waals surface area contributed by atoms with E-state index in [-0.39, 0.29) is 29.3 Å². The molecule has 2 aromatic rings. The summed E-state index contributed by atoms with van der Waals surface area (Å²) < 4.78 is 3.74. The Morgan fingerprint density at radius 1 is 1.41 bits per heavy atom. The number of nitrogens with two attached hydrogens (primary N) is 1. The molecule has 0 aliphatic rings. The van der Waals surface area contributed by atoms with Crippen LogP contribution in [0.5, 0.6) is 0 Å². The lowest BCUT2D eigenvalue weighted by Gasteiger charge is -1.97. The van der Waals surface area contributed by atoms with Gasteiger partial charge >= 0.3 is 0 Å². The second kappa shape index (κ2) is 5.92. The molecule has 0 saturated heterocycles. The maximum absolute atomic E-state index is 11.8. The minimum atomic E-state index is -0.00352. The third-order valence-corrected chi connectivity index (χ3v) is 2.60. The van der Waals surface area contributed by atoms with Crippen LogP contribution >= 0.6 is 15.9 Å². The van der Waals surface area contributed by atoms with Gasteiger partial charge in [0.2, 0.25) is 6.33 Å². The Bertz CT molecular complexity index is 509. The molecule has 0 fully saturated rings. The number of aromatic nitrogens is 3. The molecule has 90 valence electrons. The van der Waals surface area contributed by atoms with Gasteiger partial charge in [-0.1, -0.05) is 28.1 Å². The van der Waals surface area contributed by atoms with Crippen molar-refractivity contribution in [2.45, 2.75) is 6.54 Å². The Balaban J connectivity index is 0.00000144. The largest absolute Gasteiger partial charge is 1.00 e. The Labute approximate surface area is 117 Å². The van der Waals surface area contributed by atoms with Crippen LogP contribution in [0.2, 0.25) is 0 Å². The van der Waals surface area contributed by atoms with Crippen LogP contribution < -0.4 is 27.5 Å². The van der Waals surface area contributed by atoms with Gasteiger partial charge in [-0.05, 0) is 12.1 Å². The van der Waals surface area contributed by atoms with Gasteiger partial charge in [0.05, 0.1) is 0 Å². The second-order valence-electron chi connectivity index (χ2n) is 3.32. The van der Waals surface area contributed by atoms with E-state index in [0.717, 1.165) is 4.47 Å². The lowest BCUT2D eigenvalue weighted by atomic mass is 10.1. The summed E-state index contributed by atoms with van der Waals surface area (Å²) in [4.78, 5) is 11.8. The number of carbonyl (C=O) groups is 1. The highest BCUT2D eigenvalue weighted by atomic mass is 79.9. The Hall–Kier alpha value is -1.21. The molecule has 7 heteroatoms. The monoisotopic (exact) mass is 360 g/mol. The molecule has 0 aliphatic carbocycles. The van der Waals surface area contributed by atoms with Gasteiger partial charge < -0.3 is 17.0 Å². The molecule has 0 amide bonds. The van der Waals surface area contributed by atoms with Gasteiger partial charge in [-0.15, -0.1) is 9.36 Å². The molecule has 2 rings (SSSR count). The molecule has 0 radical (unpaired) electrons. The van der Waals surface area contributed by atoms with E-state index in [4.69, 9.17) is 5.84 Å². The van der Waals surface area contributed by atoms with Crippen molar-refractivity contribution >= 4 is 21.7 Å².